The zero-order chi connectivity index (χ0) is 27.1. The maximum absolute atomic E-state index is 13.9. The molecule has 1 fully saturated rings. The highest BCUT2D eigenvalue weighted by Crippen LogP contribution is 2.30. The van der Waals surface area contributed by atoms with Gasteiger partial charge in [-0.05, 0) is 43.9 Å². The number of benzene rings is 1. The van der Waals surface area contributed by atoms with Gasteiger partial charge in [0.1, 0.15) is 11.7 Å². The third-order valence-corrected chi connectivity index (χ3v) is 6.99. The molecule has 0 unspecified atom stereocenters. The Labute approximate surface area is 223 Å². The Morgan fingerprint density at radius 2 is 1.89 bits per heavy atom. The minimum atomic E-state index is -0.875. The number of amides is 2. The number of carbonyl (C=O) groups excluding carboxylic acids is 2. The van der Waals surface area contributed by atoms with E-state index in [4.69, 9.17) is 9.47 Å². The van der Waals surface area contributed by atoms with Gasteiger partial charge in [-0.15, -0.1) is 0 Å². The van der Waals surface area contributed by atoms with Crippen LogP contribution in [0, 0.1) is 6.92 Å². The molecule has 38 heavy (non-hydrogen) atoms. The van der Waals surface area contributed by atoms with Crippen LogP contribution in [0.15, 0.2) is 43.0 Å². The minimum Gasteiger partial charge on any atom is -0.493 e. The fourth-order valence-electron chi connectivity index (χ4n) is 5.05. The molecular weight excluding hydrogens is 484 g/mol. The Morgan fingerprint density at radius 1 is 1.13 bits per heavy atom. The molecule has 0 aliphatic heterocycles. The molecule has 2 aromatic heterocycles. The number of ether oxygens (including phenoxy) is 2. The van der Waals surface area contributed by atoms with Gasteiger partial charge in [0.05, 0.1) is 26.1 Å². The van der Waals surface area contributed by atoms with Gasteiger partial charge >= 0.3 is 0 Å². The second kappa shape index (κ2) is 12.5. The van der Waals surface area contributed by atoms with Crippen molar-refractivity contribution in [3.05, 3.63) is 65.5 Å². The molecule has 1 saturated carbocycles. The number of aryl methyl sites for hydroxylation is 2. The molecule has 10 heteroatoms. The Bertz CT molecular complexity index is 1240. The zero-order valence-electron chi connectivity index (χ0n) is 22.5. The molecule has 2 heterocycles. The van der Waals surface area contributed by atoms with Gasteiger partial charge in [0.2, 0.25) is 5.91 Å². The summed E-state index contributed by atoms with van der Waals surface area (Å²) < 4.78 is 12.5. The van der Waals surface area contributed by atoms with Crippen LogP contribution in [0.5, 0.6) is 11.5 Å². The molecule has 202 valence electrons. The van der Waals surface area contributed by atoms with Gasteiger partial charge < -0.3 is 19.7 Å². The summed E-state index contributed by atoms with van der Waals surface area (Å²) in [5.41, 5.74) is 2.50. The SMILES string of the molecule is COc1ccc(CCN(C(=O)c2cnccn2)[C@H](C(=O)NC2CCCCC2)c2cn(C)nc2C)cc1OC. The van der Waals surface area contributed by atoms with Crippen molar-refractivity contribution in [3.8, 4) is 11.5 Å². The van der Waals surface area contributed by atoms with Crippen molar-refractivity contribution >= 4 is 11.8 Å². The molecule has 3 aromatic rings. The third-order valence-electron chi connectivity index (χ3n) is 6.99. The number of nitrogens with one attached hydrogen (secondary N) is 1. The molecule has 1 N–H and O–H groups in total. The van der Waals surface area contributed by atoms with Crippen molar-refractivity contribution < 1.29 is 19.1 Å². The quantitative estimate of drug-likeness (QED) is 0.436. The van der Waals surface area contributed by atoms with E-state index in [2.05, 4.69) is 20.4 Å². The molecular formula is C28H36N6O4. The molecule has 10 nitrogen and oxygen atoms in total. The smallest absolute Gasteiger partial charge is 0.275 e. The van der Waals surface area contributed by atoms with E-state index in [0.717, 1.165) is 31.2 Å². The first kappa shape index (κ1) is 27.1. The lowest BCUT2D eigenvalue weighted by Gasteiger charge is -2.33. The van der Waals surface area contributed by atoms with Crippen LogP contribution in [0.2, 0.25) is 0 Å². The van der Waals surface area contributed by atoms with Crippen molar-refractivity contribution in [2.45, 2.75) is 57.5 Å². The lowest BCUT2D eigenvalue weighted by molar-refractivity contribution is -0.126. The average Bonchev–Trinajstić information content (AvgIpc) is 3.28. The van der Waals surface area contributed by atoms with Crippen molar-refractivity contribution in [2.75, 3.05) is 20.8 Å². The molecule has 4 rings (SSSR count). The van der Waals surface area contributed by atoms with Crippen molar-refractivity contribution in [2.24, 2.45) is 7.05 Å². The van der Waals surface area contributed by atoms with Crippen LogP contribution in [-0.2, 0) is 18.3 Å². The molecule has 1 aromatic carbocycles. The summed E-state index contributed by atoms with van der Waals surface area (Å²) in [4.78, 5) is 37.7. The predicted molar refractivity (Wildman–Crippen MR) is 142 cm³/mol. The first-order valence-electron chi connectivity index (χ1n) is 13.0. The van der Waals surface area contributed by atoms with E-state index < -0.39 is 6.04 Å². The molecule has 0 bridgehead atoms. The lowest BCUT2D eigenvalue weighted by atomic mass is 9.94. The summed E-state index contributed by atoms with van der Waals surface area (Å²) in [6.07, 6.45) is 12.0. The van der Waals surface area contributed by atoms with E-state index in [1.165, 1.54) is 25.0 Å². The van der Waals surface area contributed by atoms with Gasteiger partial charge in [0.25, 0.3) is 5.91 Å². The van der Waals surface area contributed by atoms with Gasteiger partial charge in [-0.25, -0.2) is 4.98 Å². The minimum absolute atomic E-state index is 0.0926. The first-order chi connectivity index (χ1) is 18.4. The number of rotatable bonds is 10. The maximum Gasteiger partial charge on any atom is 0.275 e. The molecule has 0 saturated heterocycles. The topological polar surface area (TPSA) is 111 Å². The standard InChI is InChI=1S/C28H36N6O4/c1-19-22(18-33(2)32-19)26(27(35)31-21-8-6-5-7-9-21)34(28(36)23-17-29-13-14-30-23)15-12-20-10-11-24(37-3)25(16-20)38-4/h10-11,13-14,16-18,21,26H,5-9,12,15H2,1-4H3,(H,31,35)/t26-/m0/s1. The van der Waals surface area contributed by atoms with E-state index >= 15 is 0 Å². The predicted octanol–water partition coefficient (Wildman–Crippen LogP) is 3.41. The Morgan fingerprint density at radius 3 is 2.53 bits per heavy atom. The summed E-state index contributed by atoms with van der Waals surface area (Å²) >= 11 is 0. The van der Waals surface area contributed by atoms with Gasteiger partial charge in [0, 0.05) is 43.8 Å². The summed E-state index contributed by atoms with van der Waals surface area (Å²) in [7, 11) is 4.98. The normalized spacial score (nSPS) is 14.5. The van der Waals surface area contributed by atoms with Gasteiger partial charge in [-0.2, -0.15) is 5.10 Å². The molecule has 2 amide bonds. The second-order valence-electron chi connectivity index (χ2n) is 9.62. The number of aromatic nitrogens is 4. The van der Waals surface area contributed by atoms with Crippen molar-refractivity contribution in [1.29, 1.82) is 0 Å². The molecule has 1 aliphatic rings. The second-order valence-corrected chi connectivity index (χ2v) is 9.62. The number of carbonyl (C=O) groups is 2. The largest absolute Gasteiger partial charge is 0.493 e. The Balaban J connectivity index is 1.70. The fraction of sp³-hybridized carbons (Fsp3) is 0.464. The van der Waals surface area contributed by atoms with E-state index in [0.29, 0.717) is 29.2 Å². The van der Waals surface area contributed by atoms with Crippen LogP contribution >= 0.6 is 0 Å². The van der Waals surface area contributed by atoms with Crippen LogP contribution in [-0.4, -0.2) is 63.3 Å². The molecule has 1 atom stereocenters. The number of hydrogen-bond donors (Lipinski definition) is 1. The van der Waals surface area contributed by atoms with Crippen LogP contribution < -0.4 is 14.8 Å². The van der Waals surface area contributed by atoms with Crippen LogP contribution in [0.4, 0.5) is 0 Å². The lowest BCUT2D eigenvalue weighted by Crippen LogP contribution is -2.48. The van der Waals surface area contributed by atoms with E-state index in [1.54, 1.807) is 23.8 Å². The molecule has 1 aliphatic carbocycles. The van der Waals surface area contributed by atoms with Crippen LogP contribution in [0.3, 0.4) is 0 Å². The summed E-state index contributed by atoms with van der Waals surface area (Å²) in [6, 6.07) is 4.87. The number of hydrogen-bond acceptors (Lipinski definition) is 7. The van der Waals surface area contributed by atoms with Gasteiger partial charge in [0.15, 0.2) is 11.5 Å². The highest BCUT2D eigenvalue weighted by atomic mass is 16.5. The summed E-state index contributed by atoms with van der Waals surface area (Å²) in [6.45, 7) is 2.12. The highest BCUT2D eigenvalue weighted by Gasteiger charge is 2.36. The Hall–Kier alpha value is -3.95. The highest BCUT2D eigenvalue weighted by molar-refractivity contribution is 5.96. The summed E-state index contributed by atoms with van der Waals surface area (Å²) in [5.74, 6) is 0.647. The van der Waals surface area contributed by atoms with E-state index in [1.807, 2.05) is 38.4 Å². The number of nitrogens with zero attached hydrogens (tertiary/aromatic N) is 5. The van der Waals surface area contributed by atoms with Crippen molar-refractivity contribution in [1.82, 2.24) is 30.0 Å². The summed E-state index contributed by atoms with van der Waals surface area (Å²) in [5, 5.41) is 7.71. The van der Waals surface area contributed by atoms with Crippen LogP contribution in [0.1, 0.15) is 65.5 Å². The van der Waals surface area contributed by atoms with E-state index in [-0.39, 0.29) is 30.1 Å². The maximum atomic E-state index is 13.9. The van der Waals surface area contributed by atoms with Crippen LogP contribution in [0.25, 0.3) is 0 Å². The molecule has 0 radical (unpaired) electrons. The number of methoxy groups -OCH3 is 2. The monoisotopic (exact) mass is 520 g/mol. The fourth-order valence-corrected chi connectivity index (χ4v) is 5.05. The first-order valence-corrected chi connectivity index (χ1v) is 13.0. The average molecular weight is 521 g/mol. The molecule has 0 spiro atoms. The van der Waals surface area contributed by atoms with Gasteiger partial charge in [-0.3, -0.25) is 19.3 Å². The zero-order valence-corrected chi connectivity index (χ0v) is 22.5. The Kier molecular flexibility index (Phi) is 8.93. The van der Waals surface area contributed by atoms with Gasteiger partial charge in [-0.1, -0.05) is 25.3 Å². The van der Waals surface area contributed by atoms with E-state index in [9.17, 15) is 9.59 Å². The third kappa shape index (κ3) is 6.30. The van der Waals surface area contributed by atoms with Crippen molar-refractivity contribution in [3.63, 3.8) is 0 Å².